The Balaban J connectivity index is 1.84. The lowest BCUT2D eigenvalue weighted by Gasteiger charge is -2.35. The summed E-state index contributed by atoms with van der Waals surface area (Å²) < 4.78 is 33.3. The number of hydrogen-bond donors (Lipinski definition) is 0. The molecular weight excluding hydrogens is 442 g/mol. The molecule has 2 aromatic carbocycles. The Morgan fingerprint density at radius 1 is 0.909 bits per heavy atom. The zero-order chi connectivity index (χ0) is 24.2. The van der Waals surface area contributed by atoms with Crippen LogP contribution >= 0.6 is 0 Å². The van der Waals surface area contributed by atoms with Gasteiger partial charge in [-0.2, -0.15) is 0 Å². The Morgan fingerprint density at radius 3 is 2.09 bits per heavy atom. The molecule has 8 nitrogen and oxygen atoms in total. The Kier molecular flexibility index (Phi) is 7.63. The van der Waals surface area contributed by atoms with Crippen molar-refractivity contribution in [3.8, 4) is 0 Å². The number of aryl methyl sites for hydroxylation is 3. The second-order valence-electron chi connectivity index (χ2n) is 8.16. The number of carbonyl (C=O) groups excluding carboxylic acids is 2. The summed E-state index contributed by atoms with van der Waals surface area (Å²) in [7, 11) is -3.96. The smallest absolute Gasteiger partial charge is 0.409 e. The first-order chi connectivity index (χ1) is 15.6. The van der Waals surface area contributed by atoms with Crippen LogP contribution in [-0.2, 0) is 19.6 Å². The summed E-state index contributed by atoms with van der Waals surface area (Å²) in [5.41, 5.74) is 3.36. The molecule has 1 heterocycles. The van der Waals surface area contributed by atoms with Crippen LogP contribution in [0, 0.1) is 20.8 Å². The van der Waals surface area contributed by atoms with Crippen LogP contribution in [0.25, 0.3) is 0 Å². The zero-order valence-electron chi connectivity index (χ0n) is 19.6. The minimum Gasteiger partial charge on any atom is -0.450 e. The van der Waals surface area contributed by atoms with E-state index in [0.29, 0.717) is 38.5 Å². The van der Waals surface area contributed by atoms with Crippen LogP contribution in [0.3, 0.4) is 0 Å². The van der Waals surface area contributed by atoms with Gasteiger partial charge in [-0.15, -0.1) is 0 Å². The summed E-state index contributed by atoms with van der Waals surface area (Å²) in [4.78, 5) is 28.4. The lowest BCUT2D eigenvalue weighted by atomic mass is 10.1. The van der Waals surface area contributed by atoms with Gasteiger partial charge in [0, 0.05) is 26.2 Å². The van der Waals surface area contributed by atoms with Gasteiger partial charge in [0.15, 0.2) is 0 Å². The Hall–Kier alpha value is -3.07. The van der Waals surface area contributed by atoms with Gasteiger partial charge in [0.25, 0.3) is 10.0 Å². The van der Waals surface area contributed by atoms with Gasteiger partial charge in [0.1, 0.15) is 6.54 Å². The third-order valence-electron chi connectivity index (χ3n) is 5.82. The maximum absolute atomic E-state index is 13.6. The van der Waals surface area contributed by atoms with Gasteiger partial charge in [-0.05, 0) is 63.1 Å². The standard InChI is InChI=1S/C24H31N3O5S/c1-5-32-24(29)26-14-12-25(13-15-26)23(28)17-27(21-9-8-19(3)20(4)16-21)33(30,31)22-10-6-18(2)7-11-22/h6-11,16H,5,12-15,17H2,1-4H3. The molecule has 0 N–H and O–H groups in total. The summed E-state index contributed by atoms with van der Waals surface area (Å²) in [6, 6.07) is 11.9. The normalized spacial score (nSPS) is 14.2. The average molecular weight is 474 g/mol. The van der Waals surface area contributed by atoms with E-state index in [1.54, 1.807) is 53.1 Å². The number of benzene rings is 2. The lowest BCUT2D eigenvalue weighted by molar-refractivity contribution is -0.131. The molecule has 0 spiro atoms. The molecule has 1 aliphatic rings. The van der Waals surface area contributed by atoms with Crippen molar-refractivity contribution in [2.24, 2.45) is 0 Å². The van der Waals surface area contributed by atoms with E-state index in [2.05, 4.69) is 0 Å². The molecule has 2 amide bonds. The molecule has 33 heavy (non-hydrogen) atoms. The fourth-order valence-corrected chi connectivity index (χ4v) is 5.02. The molecule has 0 aliphatic carbocycles. The molecule has 0 unspecified atom stereocenters. The van der Waals surface area contributed by atoms with Gasteiger partial charge in [-0.1, -0.05) is 23.8 Å². The van der Waals surface area contributed by atoms with E-state index < -0.39 is 16.1 Å². The number of piperazine rings is 1. The number of carbonyl (C=O) groups is 2. The van der Waals surface area contributed by atoms with Crippen LogP contribution in [0.2, 0.25) is 0 Å². The highest BCUT2D eigenvalue weighted by Crippen LogP contribution is 2.26. The van der Waals surface area contributed by atoms with E-state index in [1.807, 2.05) is 26.8 Å². The number of nitrogens with zero attached hydrogens (tertiary/aromatic N) is 3. The molecule has 1 aliphatic heterocycles. The maximum Gasteiger partial charge on any atom is 0.409 e. The van der Waals surface area contributed by atoms with Gasteiger partial charge >= 0.3 is 6.09 Å². The summed E-state index contributed by atoms with van der Waals surface area (Å²) in [5, 5.41) is 0. The third-order valence-corrected chi connectivity index (χ3v) is 7.61. The molecule has 178 valence electrons. The van der Waals surface area contributed by atoms with Crippen molar-refractivity contribution in [3.05, 3.63) is 59.2 Å². The Bertz CT molecular complexity index is 1110. The molecule has 0 aromatic heterocycles. The number of ether oxygens (including phenoxy) is 1. The van der Waals surface area contributed by atoms with Gasteiger partial charge in [-0.25, -0.2) is 13.2 Å². The van der Waals surface area contributed by atoms with Crippen LogP contribution in [-0.4, -0.2) is 69.5 Å². The van der Waals surface area contributed by atoms with Crippen LogP contribution < -0.4 is 4.31 Å². The van der Waals surface area contributed by atoms with Crippen LogP contribution in [0.4, 0.5) is 10.5 Å². The summed E-state index contributed by atoms with van der Waals surface area (Å²) >= 11 is 0. The van der Waals surface area contributed by atoms with E-state index in [4.69, 9.17) is 4.74 Å². The predicted molar refractivity (Wildman–Crippen MR) is 127 cm³/mol. The third kappa shape index (κ3) is 5.65. The lowest BCUT2D eigenvalue weighted by Crippen LogP contribution is -2.53. The number of sulfonamides is 1. The SMILES string of the molecule is CCOC(=O)N1CCN(C(=O)CN(c2ccc(C)c(C)c2)S(=O)(=O)c2ccc(C)cc2)CC1. The van der Waals surface area contributed by atoms with Crippen molar-refractivity contribution in [1.29, 1.82) is 0 Å². The highest BCUT2D eigenvalue weighted by Gasteiger charge is 2.31. The summed E-state index contributed by atoms with van der Waals surface area (Å²) in [6.45, 7) is 8.80. The Morgan fingerprint density at radius 2 is 1.52 bits per heavy atom. The van der Waals surface area contributed by atoms with Crippen molar-refractivity contribution >= 4 is 27.7 Å². The molecule has 1 fully saturated rings. The minimum absolute atomic E-state index is 0.131. The number of rotatable bonds is 6. The van der Waals surface area contributed by atoms with Crippen LogP contribution in [0.5, 0.6) is 0 Å². The van der Waals surface area contributed by atoms with Crippen LogP contribution in [0.15, 0.2) is 47.4 Å². The average Bonchev–Trinajstić information content (AvgIpc) is 2.79. The quantitative estimate of drug-likeness (QED) is 0.643. The maximum atomic E-state index is 13.6. The van der Waals surface area contributed by atoms with Crippen molar-refractivity contribution in [2.45, 2.75) is 32.6 Å². The molecule has 0 atom stereocenters. The summed E-state index contributed by atoms with van der Waals surface area (Å²) in [6.07, 6.45) is -0.400. The van der Waals surface area contributed by atoms with E-state index >= 15 is 0 Å². The first kappa shape index (κ1) is 24.6. The van der Waals surface area contributed by atoms with Crippen molar-refractivity contribution in [2.75, 3.05) is 43.6 Å². The monoisotopic (exact) mass is 473 g/mol. The van der Waals surface area contributed by atoms with Gasteiger partial charge in [-0.3, -0.25) is 9.10 Å². The molecule has 9 heteroatoms. The fraction of sp³-hybridized carbons (Fsp3) is 0.417. The fourth-order valence-electron chi connectivity index (χ4n) is 3.61. The Labute approximate surface area is 195 Å². The van der Waals surface area contributed by atoms with Crippen molar-refractivity contribution in [1.82, 2.24) is 9.80 Å². The van der Waals surface area contributed by atoms with E-state index in [-0.39, 0.29) is 17.3 Å². The molecule has 0 saturated carbocycles. The van der Waals surface area contributed by atoms with E-state index in [1.165, 1.54) is 4.31 Å². The first-order valence-corrected chi connectivity index (χ1v) is 12.4. The second kappa shape index (κ2) is 10.2. The molecular formula is C24H31N3O5S. The van der Waals surface area contributed by atoms with Crippen molar-refractivity contribution < 1.29 is 22.7 Å². The molecule has 2 aromatic rings. The minimum atomic E-state index is -3.96. The number of amides is 2. The molecule has 0 radical (unpaired) electrons. The van der Waals surface area contributed by atoms with Gasteiger partial charge in [0.2, 0.25) is 5.91 Å². The van der Waals surface area contributed by atoms with E-state index in [9.17, 15) is 18.0 Å². The zero-order valence-corrected chi connectivity index (χ0v) is 20.4. The van der Waals surface area contributed by atoms with Crippen LogP contribution in [0.1, 0.15) is 23.6 Å². The second-order valence-corrected chi connectivity index (χ2v) is 10.0. The highest BCUT2D eigenvalue weighted by atomic mass is 32.2. The predicted octanol–water partition coefficient (Wildman–Crippen LogP) is 3.11. The molecule has 0 bridgehead atoms. The largest absolute Gasteiger partial charge is 0.450 e. The van der Waals surface area contributed by atoms with Crippen molar-refractivity contribution in [3.63, 3.8) is 0 Å². The molecule has 1 saturated heterocycles. The molecule has 3 rings (SSSR count). The van der Waals surface area contributed by atoms with E-state index in [0.717, 1.165) is 16.7 Å². The highest BCUT2D eigenvalue weighted by molar-refractivity contribution is 7.92. The van der Waals surface area contributed by atoms with Gasteiger partial charge < -0.3 is 14.5 Å². The topological polar surface area (TPSA) is 87.2 Å². The first-order valence-electron chi connectivity index (χ1n) is 11.0. The summed E-state index contributed by atoms with van der Waals surface area (Å²) in [5.74, 6) is -0.313. The number of anilines is 1. The van der Waals surface area contributed by atoms with Gasteiger partial charge in [0.05, 0.1) is 17.2 Å². The number of hydrogen-bond acceptors (Lipinski definition) is 5.